The Balaban J connectivity index is 0.000000311. The fourth-order valence-electron chi connectivity index (χ4n) is 5.61. The van der Waals surface area contributed by atoms with E-state index in [2.05, 4.69) is 135 Å². The Morgan fingerprint density at radius 1 is 0.575 bits per heavy atom. The molecule has 0 fully saturated rings. The predicted octanol–water partition coefficient (Wildman–Crippen LogP) is 11.6. The molecular weight excluding hydrogens is 482 g/mol. The van der Waals surface area contributed by atoms with E-state index in [0.717, 1.165) is 6.42 Å². The van der Waals surface area contributed by atoms with Crippen LogP contribution in [-0.2, 0) is 0 Å². The minimum atomic E-state index is 0.542. The summed E-state index contributed by atoms with van der Waals surface area (Å²) in [6, 6.07) is 45.9. The highest BCUT2D eigenvalue weighted by Crippen LogP contribution is 2.42. The van der Waals surface area contributed by atoms with E-state index in [4.69, 9.17) is 0 Å². The summed E-state index contributed by atoms with van der Waals surface area (Å²) in [4.78, 5) is 0. The van der Waals surface area contributed by atoms with Gasteiger partial charge in [-0.15, -0.1) is 0 Å². The molecule has 0 N–H and O–H groups in total. The summed E-state index contributed by atoms with van der Waals surface area (Å²) in [5.41, 5.74) is 6.53. The molecule has 1 unspecified atom stereocenters. The molecule has 0 saturated heterocycles. The molecule has 1 nitrogen and oxygen atoms in total. The number of hydrogen-bond acceptors (Lipinski definition) is 0. The summed E-state index contributed by atoms with van der Waals surface area (Å²) in [7, 11) is 0. The molecule has 0 spiro atoms. The number of aryl methyl sites for hydroxylation is 1. The number of fused-ring (bicyclic) bond motifs is 8. The smallest absolute Gasteiger partial charge is 0.0625 e. The molecule has 0 saturated carbocycles. The van der Waals surface area contributed by atoms with Crippen molar-refractivity contribution in [3.8, 4) is 5.69 Å². The lowest BCUT2D eigenvalue weighted by Crippen LogP contribution is -1.96. The minimum absolute atomic E-state index is 0.542. The number of rotatable bonds is 3. The Labute approximate surface area is 238 Å². The Bertz CT molecular complexity index is 1860. The fraction of sp³-hybridized carbons (Fsp3) is 0.179. The van der Waals surface area contributed by atoms with Gasteiger partial charge in [-0.3, -0.25) is 0 Å². The number of hydrogen-bond donors (Lipinski definition) is 0. The predicted molar refractivity (Wildman–Crippen MR) is 177 cm³/mol. The second-order valence-corrected chi connectivity index (χ2v) is 10.2. The molecule has 1 aromatic heterocycles. The van der Waals surface area contributed by atoms with Gasteiger partial charge in [0.1, 0.15) is 0 Å². The van der Waals surface area contributed by atoms with Crippen LogP contribution in [0.15, 0.2) is 127 Å². The fourth-order valence-corrected chi connectivity index (χ4v) is 5.61. The quantitative estimate of drug-likeness (QED) is 0.204. The van der Waals surface area contributed by atoms with Gasteiger partial charge in [0.15, 0.2) is 0 Å². The second kappa shape index (κ2) is 12.2. The first kappa shape index (κ1) is 27.2. The van der Waals surface area contributed by atoms with Gasteiger partial charge >= 0.3 is 0 Å². The van der Waals surface area contributed by atoms with Crippen molar-refractivity contribution < 1.29 is 0 Å². The second-order valence-electron chi connectivity index (χ2n) is 10.2. The lowest BCUT2D eigenvalue weighted by Gasteiger charge is -2.13. The third-order valence-electron chi connectivity index (χ3n) is 7.80. The van der Waals surface area contributed by atoms with E-state index in [0.29, 0.717) is 5.92 Å². The van der Waals surface area contributed by atoms with Gasteiger partial charge in [0.2, 0.25) is 0 Å². The van der Waals surface area contributed by atoms with Crippen LogP contribution in [0.2, 0.25) is 0 Å². The molecule has 0 bridgehead atoms. The van der Waals surface area contributed by atoms with Crippen LogP contribution >= 0.6 is 0 Å². The van der Waals surface area contributed by atoms with Crippen molar-refractivity contribution in [2.45, 2.75) is 47.0 Å². The van der Waals surface area contributed by atoms with Gasteiger partial charge < -0.3 is 4.57 Å². The highest BCUT2D eigenvalue weighted by molar-refractivity contribution is 6.32. The van der Waals surface area contributed by atoms with Crippen LogP contribution in [0.25, 0.3) is 49.0 Å². The van der Waals surface area contributed by atoms with Gasteiger partial charge in [-0.2, -0.15) is 0 Å². The van der Waals surface area contributed by atoms with Crippen molar-refractivity contribution in [2.24, 2.45) is 0 Å². The van der Waals surface area contributed by atoms with Crippen molar-refractivity contribution in [1.82, 2.24) is 4.57 Å². The zero-order valence-electron chi connectivity index (χ0n) is 24.4. The zero-order chi connectivity index (χ0) is 28.1. The Hall–Kier alpha value is -4.36. The largest absolute Gasteiger partial charge is 0.309 e. The first-order valence-electron chi connectivity index (χ1n) is 14.6. The average molecular weight is 522 g/mol. The topological polar surface area (TPSA) is 4.93 Å². The zero-order valence-corrected chi connectivity index (χ0v) is 24.4. The van der Waals surface area contributed by atoms with E-state index >= 15 is 0 Å². The van der Waals surface area contributed by atoms with Gasteiger partial charge in [-0.1, -0.05) is 142 Å². The number of aromatic nitrogens is 1. The highest BCUT2D eigenvalue weighted by atomic mass is 15.0. The normalized spacial score (nSPS) is 11.6. The molecule has 0 amide bonds. The maximum atomic E-state index is 2.48. The van der Waals surface area contributed by atoms with Gasteiger partial charge in [0, 0.05) is 21.8 Å². The molecular formula is C39H39N. The maximum absolute atomic E-state index is 2.48. The van der Waals surface area contributed by atoms with E-state index in [1.54, 1.807) is 0 Å². The number of nitrogens with zero attached hydrogens (tertiary/aromatic N) is 1. The highest BCUT2D eigenvalue weighted by Gasteiger charge is 2.19. The summed E-state index contributed by atoms with van der Waals surface area (Å²) in [6.07, 6.45) is 1.14. The first-order valence-corrected chi connectivity index (χ1v) is 14.6. The maximum Gasteiger partial charge on any atom is 0.0625 e. The van der Waals surface area contributed by atoms with Crippen molar-refractivity contribution in [3.63, 3.8) is 0 Å². The molecule has 0 aliphatic carbocycles. The molecule has 6 aromatic carbocycles. The van der Waals surface area contributed by atoms with Crippen LogP contribution in [0.4, 0.5) is 0 Å². The average Bonchev–Trinajstić information content (AvgIpc) is 3.38. The summed E-state index contributed by atoms with van der Waals surface area (Å²) >= 11 is 0. The van der Waals surface area contributed by atoms with Crippen LogP contribution < -0.4 is 0 Å². The Morgan fingerprint density at radius 3 is 1.68 bits per heavy atom. The van der Waals surface area contributed by atoms with Crippen LogP contribution in [0.5, 0.6) is 0 Å². The number of benzene rings is 6. The van der Waals surface area contributed by atoms with Gasteiger partial charge in [-0.05, 0) is 59.2 Å². The molecule has 1 heterocycles. The van der Waals surface area contributed by atoms with Crippen LogP contribution in [0.3, 0.4) is 0 Å². The van der Waals surface area contributed by atoms with Crippen molar-refractivity contribution in [1.29, 1.82) is 0 Å². The molecule has 7 rings (SSSR count). The van der Waals surface area contributed by atoms with E-state index in [-0.39, 0.29) is 0 Å². The van der Waals surface area contributed by atoms with Crippen LogP contribution in [0.1, 0.15) is 51.2 Å². The van der Waals surface area contributed by atoms with Crippen molar-refractivity contribution >= 4 is 43.4 Å². The van der Waals surface area contributed by atoms with Gasteiger partial charge in [0.25, 0.3) is 0 Å². The Kier molecular flexibility index (Phi) is 8.31. The summed E-state index contributed by atoms with van der Waals surface area (Å²) in [6.45, 7) is 10.7. The lowest BCUT2D eigenvalue weighted by molar-refractivity contribution is 0.734. The molecule has 1 heteroatoms. The molecule has 0 radical (unpaired) electrons. The molecule has 40 heavy (non-hydrogen) atoms. The third-order valence-corrected chi connectivity index (χ3v) is 7.80. The Morgan fingerprint density at radius 2 is 1.10 bits per heavy atom. The molecule has 0 aliphatic rings. The molecule has 200 valence electrons. The lowest BCUT2D eigenvalue weighted by atomic mass is 9.95. The van der Waals surface area contributed by atoms with Crippen LogP contribution in [0, 0.1) is 6.92 Å². The van der Waals surface area contributed by atoms with Crippen molar-refractivity contribution in [2.75, 3.05) is 0 Å². The third kappa shape index (κ3) is 5.00. The van der Waals surface area contributed by atoms with Crippen LogP contribution in [-0.4, -0.2) is 4.57 Å². The van der Waals surface area contributed by atoms with Gasteiger partial charge in [-0.25, -0.2) is 0 Å². The first-order chi connectivity index (χ1) is 19.7. The summed E-state index contributed by atoms with van der Waals surface area (Å²) in [5.74, 6) is 0.542. The standard InChI is InChI=1S/C30H25N.C7H8.C2H6/c1-3-20(2)21-17-18-27-28(19-21)31(22-11-5-4-6-12-22)30-26-16-10-8-14-24(26)23-13-7-9-15-25(23)29(27)30;1-7-5-3-2-4-6-7;1-2/h4-20H,3H2,1-2H3;2-6H,1H3;1-2H3. The SMILES string of the molecule is CC.CCC(C)c1ccc2c3c4ccccc4c4ccccc4c3n(-c3ccccc3)c2c1.Cc1ccccc1. The van der Waals surface area contributed by atoms with Crippen molar-refractivity contribution in [3.05, 3.63) is 139 Å². The molecule has 1 atom stereocenters. The van der Waals surface area contributed by atoms with E-state index in [1.807, 2.05) is 32.0 Å². The van der Waals surface area contributed by atoms with E-state index in [1.165, 1.54) is 60.2 Å². The minimum Gasteiger partial charge on any atom is -0.309 e. The van der Waals surface area contributed by atoms with E-state index in [9.17, 15) is 0 Å². The molecule has 7 aromatic rings. The monoisotopic (exact) mass is 521 g/mol. The number of para-hydroxylation sites is 1. The molecule has 0 aliphatic heterocycles. The van der Waals surface area contributed by atoms with E-state index < -0.39 is 0 Å². The summed E-state index contributed by atoms with van der Waals surface area (Å²) in [5, 5.41) is 7.95. The summed E-state index contributed by atoms with van der Waals surface area (Å²) < 4.78 is 2.48. The van der Waals surface area contributed by atoms with Gasteiger partial charge in [0.05, 0.1) is 11.0 Å².